The van der Waals surface area contributed by atoms with Gasteiger partial charge in [0.25, 0.3) is 5.91 Å². The molecule has 1 saturated heterocycles. The van der Waals surface area contributed by atoms with Gasteiger partial charge in [-0.05, 0) is 52.7 Å². The number of sulfonamides is 1. The largest absolute Gasteiger partial charge is 0.370 e. The number of hydrogen-bond acceptors (Lipinski definition) is 6. The molecule has 8 nitrogen and oxygen atoms in total. The summed E-state index contributed by atoms with van der Waals surface area (Å²) in [5.41, 5.74) is 7.35. The number of carbonyl (C=O) groups excluding carboxylic acids is 1. The Labute approximate surface area is 221 Å². The summed E-state index contributed by atoms with van der Waals surface area (Å²) in [6.45, 7) is 2.50. The second-order valence-electron chi connectivity index (χ2n) is 8.78. The van der Waals surface area contributed by atoms with Gasteiger partial charge < -0.3 is 16.0 Å². The van der Waals surface area contributed by atoms with E-state index < -0.39 is 10.0 Å². The fourth-order valence-corrected chi connectivity index (χ4v) is 6.13. The van der Waals surface area contributed by atoms with Crippen LogP contribution in [0, 0.1) is 0 Å². The van der Waals surface area contributed by atoms with E-state index in [2.05, 4.69) is 10.3 Å². The van der Waals surface area contributed by atoms with Crippen LogP contribution in [0.2, 0.25) is 5.02 Å². The molecule has 2 heterocycles. The normalized spacial score (nSPS) is 18.8. The third kappa shape index (κ3) is 5.29. The van der Waals surface area contributed by atoms with Crippen LogP contribution in [0.5, 0.6) is 0 Å². The lowest BCUT2D eigenvalue weighted by Crippen LogP contribution is -2.50. The zero-order chi connectivity index (χ0) is 24.6. The van der Waals surface area contributed by atoms with Crippen LogP contribution in [-0.2, 0) is 10.0 Å². The van der Waals surface area contributed by atoms with E-state index in [4.69, 9.17) is 17.3 Å². The zero-order valence-corrected chi connectivity index (χ0v) is 21.8. The molecule has 1 atom stereocenters. The van der Waals surface area contributed by atoms with E-state index in [0.717, 1.165) is 16.3 Å². The minimum absolute atomic E-state index is 0. The number of rotatable bonds is 4. The molecule has 11 heteroatoms. The topological polar surface area (TPSA) is 108 Å². The fraction of sp³-hybridized carbons (Fsp3) is 0.280. The Bertz CT molecular complexity index is 1400. The van der Waals surface area contributed by atoms with Crippen LogP contribution in [0.15, 0.2) is 70.6 Å². The number of amides is 1. The van der Waals surface area contributed by atoms with Gasteiger partial charge >= 0.3 is 0 Å². The van der Waals surface area contributed by atoms with Gasteiger partial charge in [-0.3, -0.25) is 9.79 Å². The maximum atomic E-state index is 13.2. The van der Waals surface area contributed by atoms with E-state index in [9.17, 15) is 13.2 Å². The summed E-state index contributed by atoms with van der Waals surface area (Å²) in [6, 6.07) is 17.9. The molecule has 5 rings (SSSR count). The number of hydrogen-bond donors (Lipinski definition) is 2. The highest BCUT2D eigenvalue weighted by Gasteiger charge is 2.30. The fourth-order valence-electron chi connectivity index (χ4n) is 4.50. The van der Waals surface area contributed by atoms with Crippen molar-refractivity contribution in [2.45, 2.75) is 10.8 Å². The van der Waals surface area contributed by atoms with Gasteiger partial charge in [-0.25, -0.2) is 8.42 Å². The molecular weight excluding hydrogens is 521 g/mol. The van der Waals surface area contributed by atoms with Crippen molar-refractivity contribution in [2.75, 3.05) is 39.3 Å². The number of fused-ring (bicyclic) bond motifs is 1. The Morgan fingerprint density at radius 2 is 1.64 bits per heavy atom. The molecule has 0 aromatic heterocycles. The smallest absolute Gasteiger partial charge is 0.253 e. The number of nitrogens with zero attached hydrogens (tertiary/aromatic N) is 3. The van der Waals surface area contributed by atoms with E-state index in [1.54, 1.807) is 35.2 Å². The second-order valence-corrected chi connectivity index (χ2v) is 11.1. The van der Waals surface area contributed by atoms with Crippen molar-refractivity contribution in [3.05, 3.63) is 76.8 Å². The number of guanidine groups is 1. The first-order valence-corrected chi connectivity index (χ1v) is 13.3. The van der Waals surface area contributed by atoms with Crippen LogP contribution in [-0.4, -0.2) is 68.8 Å². The summed E-state index contributed by atoms with van der Waals surface area (Å²) in [5.74, 6) is 0.576. The molecule has 2 aliphatic rings. The van der Waals surface area contributed by atoms with Crippen molar-refractivity contribution in [2.24, 2.45) is 10.7 Å². The van der Waals surface area contributed by atoms with Gasteiger partial charge in [0.05, 0.1) is 11.4 Å². The number of benzene rings is 3. The first-order chi connectivity index (χ1) is 16.8. The van der Waals surface area contributed by atoms with E-state index in [-0.39, 0.29) is 42.2 Å². The molecule has 3 N–H and O–H groups in total. The van der Waals surface area contributed by atoms with Gasteiger partial charge in [0, 0.05) is 49.2 Å². The molecule has 0 spiro atoms. The highest BCUT2D eigenvalue weighted by molar-refractivity contribution is 7.89. The molecule has 3 aromatic rings. The molecule has 1 unspecified atom stereocenters. The molecule has 0 radical (unpaired) electrons. The van der Waals surface area contributed by atoms with E-state index in [1.807, 2.05) is 30.3 Å². The van der Waals surface area contributed by atoms with Crippen LogP contribution in [0.3, 0.4) is 0 Å². The van der Waals surface area contributed by atoms with Crippen molar-refractivity contribution in [1.82, 2.24) is 14.5 Å². The predicted octanol–water partition coefficient (Wildman–Crippen LogP) is 3.06. The molecule has 3 aromatic carbocycles. The number of carbonyl (C=O) groups is 1. The summed E-state index contributed by atoms with van der Waals surface area (Å²) in [5, 5.41) is 5.35. The molecule has 0 saturated carbocycles. The van der Waals surface area contributed by atoms with E-state index in [0.29, 0.717) is 42.7 Å². The molecular formula is C25H27Cl2N5O3S. The van der Waals surface area contributed by atoms with Gasteiger partial charge in [-0.2, -0.15) is 4.31 Å². The van der Waals surface area contributed by atoms with Crippen molar-refractivity contribution < 1.29 is 13.2 Å². The number of nitrogens with one attached hydrogen (secondary N) is 1. The maximum Gasteiger partial charge on any atom is 0.253 e. The highest BCUT2D eigenvalue weighted by atomic mass is 35.5. The Hall–Kier alpha value is -2.85. The lowest BCUT2D eigenvalue weighted by Gasteiger charge is -2.34. The van der Waals surface area contributed by atoms with Gasteiger partial charge in [0.2, 0.25) is 10.0 Å². The summed E-state index contributed by atoms with van der Waals surface area (Å²) in [4.78, 5) is 19.2. The average Bonchev–Trinajstić information content (AvgIpc) is 2.88. The minimum Gasteiger partial charge on any atom is -0.370 e. The third-order valence-corrected chi connectivity index (χ3v) is 8.71. The average molecular weight is 548 g/mol. The van der Waals surface area contributed by atoms with Crippen molar-refractivity contribution in [3.63, 3.8) is 0 Å². The Morgan fingerprint density at radius 1 is 0.972 bits per heavy atom. The lowest BCUT2D eigenvalue weighted by atomic mass is 9.97. The first-order valence-electron chi connectivity index (χ1n) is 11.4. The number of aliphatic imine (C=N–C) groups is 1. The quantitative estimate of drug-likeness (QED) is 0.521. The van der Waals surface area contributed by atoms with Crippen molar-refractivity contribution >= 4 is 56.7 Å². The molecule has 0 bridgehead atoms. The lowest BCUT2D eigenvalue weighted by molar-refractivity contribution is 0.0698. The van der Waals surface area contributed by atoms with E-state index in [1.165, 1.54) is 4.31 Å². The molecule has 0 aliphatic carbocycles. The van der Waals surface area contributed by atoms with Crippen LogP contribution >= 0.6 is 24.0 Å². The predicted molar refractivity (Wildman–Crippen MR) is 145 cm³/mol. The number of halogens is 2. The van der Waals surface area contributed by atoms with Gasteiger partial charge in [0.1, 0.15) is 0 Å². The highest BCUT2D eigenvalue weighted by Crippen LogP contribution is 2.25. The van der Waals surface area contributed by atoms with Gasteiger partial charge in [-0.15, -0.1) is 12.4 Å². The van der Waals surface area contributed by atoms with Crippen LogP contribution in [0.4, 0.5) is 0 Å². The summed E-state index contributed by atoms with van der Waals surface area (Å²) in [7, 11) is -3.66. The first kappa shape index (κ1) is 26.2. The molecule has 1 amide bonds. The van der Waals surface area contributed by atoms with Gasteiger partial charge in [-0.1, -0.05) is 35.9 Å². The molecule has 1 fully saturated rings. The van der Waals surface area contributed by atoms with Crippen molar-refractivity contribution in [3.8, 4) is 0 Å². The van der Waals surface area contributed by atoms with Crippen LogP contribution < -0.4 is 11.1 Å². The van der Waals surface area contributed by atoms with Crippen LogP contribution in [0.1, 0.15) is 21.8 Å². The molecule has 190 valence electrons. The van der Waals surface area contributed by atoms with Crippen molar-refractivity contribution in [1.29, 1.82) is 0 Å². The Morgan fingerprint density at radius 3 is 2.31 bits per heavy atom. The minimum atomic E-state index is -3.66. The van der Waals surface area contributed by atoms with Gasteiger partial charge in [0.15, 0.2) is 5.96 Å². The summed E-state index contributed by atoms with van der Waals surface area (Å²) >= 11 is 6.03. The molecule has 36 heavy (non-hydrogen) atoms. The maximum absolute atomic E-state index is 13.2. The third-order valence-electron chi connectivity index (χ3n) is 6.58. The zero-order valence-electron chi connectivity index (χ0n) is 19.4. The summed E-state index contributed by atoms with van der Waals surface area (Å²) < 4.78 is 27.9. The molecule has 2 aliphatic heterocycles. The Kier molecular flexibility index (Phi) is 7.75. The second kappa shape index (κ2) is 10.6. The van der Waals surface area contributed by atoms with E-state index >= 15 is 0 Å². The summed E-state index contributed by atoms with van der Waals surface area (Å²) in [6.07, 6.45) is 0. The number of nitrogens with two attached hydrogens (primary N) is 1. The monoisotopic (exact) mass is 547 g/mol. The number of piperazine rings is 1. The standard InChI is InChI=1S/C25H26ClN5O3S.ClH/c26-22-7-5-20-14-23(8-6-19(20)13-22)35(33,34)31-11-9-30(10-12-31)24(32)18-3-1-17(2-4-18)21-15-28-25(27)29-16-21;/h1-8,13-14,21H,9-12,15-16H2,(H3,27,28,29);1H. The SMILES string of the molecule is Cl.NC1=NCC(c2ccc(C(=O)N3CCN(S(=O)(=O)c4ccc5cc(Cl)ccc5c4)CC3)cc2)CN1. The Balaban J connectivity index is 0.00000304. The van der Waals surface area contributed by atoms with Crippen LogP contribution in [0.25, 0.3) is 10.8 Å².